The van der Waals surface area contributed by atoms with E-state index in [0.717, 1.165) is 31.5 Å². The van der Waals surface area contributed by atoms with Gasteiger partial charge in [0, 0.05) is 32.6 Å². The van der Waals surface area contributed by atoms with E-state index in [1.54, 1.807) is 18.2 Å². The number of rotatable bonds is 8. The second-order valence-electron chi connectivity index (χ2n) is 7.84. The van der Waals surface area contributed by atoms with Gasteiger partial charge in [0.05, 0.1) is 15.7 Å². The lowest BCUT2D eigenvalue weighted by molar-refractivity contribution is -0.114. The van der Waals surface area contributed by atoms with Crippen LogP contribution in [0, 0.1) is 6.92 Å². The molecule has 1 aliphatic heterocycles. The summed E-state index contributed by atoms with van der Waals surface area (Å²) in [6.45, 7) is 5.71. The molecule has 1 unspecified atom stereocenters. The highest BCUT2D eigenvalue weighted by molar-refractivity contribution is 6.42. The predicted octanol–water partition coefficient (Wildman–Crippen LogP) is 4.54. The quantitative estimate of drug-likeness (QED) is 0.597. The van der Waals surface area contributed by atoms with Crippen LogP contribution in [0.5, 0.6) is 11.5 Å². The number of anilines is 1. The van der Waals surface area contributed by atoms with Crippen LogP contribution >= 0.6 is 23.2 Å². The molecule has 2 N–H and O–H groups in total. The highest BCUT2D eigenvalue weighted by Gasteiger charge is 2.23. The number of β-amino-alcohol motifs (C(OH)–C–C–N with tert-alkyl or cyclic N) is 1. The van der Waals surface area contributed by atoms with Crippen molar-refractivity contribution in [3.8, 4) is 11.5 Å². The second kappa shape index (κ2) is 11.0. The van der Waals surface area contributed by atoms with Crippen molar-refractivity contribution in [2.75, 3.05) is 31.6 Å². The van der Waals surface area contributed by atoms with Crippen LogP contribution in [0.15, 0.2) is 36.4 Å². The van der Waals surface area contributed by atoms with Crippen molar-refractivity contribution >= 4 is 34.8 Å². The molecule has 0 spiro atoms. The number of piperidine rings is 1. The summed E-state index contributed by atoms with van der Waals surface area (Å²) >= 11 is 12.0. The molecule has 0 aliphatic carbocycles. The number of aliphatic hydroxyl groups excluding tert-OH is 1. The minimum Gasteiger partial charge on any atom is -0.490 e. The summed E-state index contributed by atoms with van der Waals surface area (Å²) in [4.78, 5) is 13.6. The Morgan fingerprint density at radius 1 is 1.19 bits per heavy atom. The number of hydrogen-bond acceptors (Lipinski definition) is 5. The fourth-order valence-corrected chi connectivity index (χ4v) is 3.83. The first-order chi connectivity index (χ1) is 14.8. The predicted molar refractivity (Wildman–Crippen MR) is 124 cm³/mol. The van der Waals surface area contributed by atoms with Crippen LogP contribution in [0.3, 0.4) is 0 Å². The van der Waals surface area contributed by atoms with E-state index in [9.17, 15) is 9.90 Å². The van der Waals surface area contributed by atoms with Gasteiger partial charge in [0.15, 0.2) is 0 Å². The van der Waals surface area contributed by atoms with E-state index >= 15 is 0 Å². The summed E-state index contributed by atoms with van der Waals surface area (Å²) in [6, 6.07) is 10.8. The third-order valence-corrected chi connectivity index (χ3v) is 5.81. The highest BCUT2D eigenvalue weighted by atomic mass is 35.5. The second-order valence-corrected chi connectivity index (χ2v) is 8.65. The molecule has 0 aromatic heterocycles. The summed E-state index contributed by atoms with van der Waals surface area (Å²) in [5.41, 5.74) is 1.63. The van der Waals surface area contributed by atoms with Crippen LogP contribution < -0.4 is 14.8 Å². The van der Waals surface area contributed by atoms with Crippen molar-refractivity contribution in [1.29, 1.82) is 0 Å². The molecule has 2 aromatic rings. The maximum absolute atomic E-state index is 11.4. The van der Waals surface area contributed by atoms with Crippen molar-refractivity contribution < 1.29 is 19.4 Å². The Kier molecular flexibility index (Phi) is 8.43. The Hall–Kier alpha value is -1.99. The third-order valence-electron chi connectivity index (χ3n) is 5.07. The molecule has 8 heteroatoms. The minimum atomic E-state index is -0.640. The largest absolute Gasteiger partial charge is 0.490 e. The molecule has 31 heavy (non-hydrogen) atoms. The van der Waals surface area contributed by atoms with E-state index in [-0.39, 0.29) is 18.6 Å². The maximum atomic E-state index is 11.4. The van der Waals surface area contributed by atoms with Crippen LogP contribution in [0.4, 0.5) is 5.69 Å². The van der Waals surface area contributed by atoms with Gasteiger partial charge in [0.2, 0.25) is 5.91 Å². The first-order valence-corrected chi connectivity index (χ1v) is 11.1. The number of benzene rings is 2. The van der Waals surface area contributed by atoms with Gasteiger partial charge >= 0.3 is 0 Å². The van der Waals surface area contributed by atoms with E-state index in [2.05, 4.69) is 10.2 Å². The number of amides is 1. The standard InChI is InChI=1S/C23H28Cl2N2O4/c1-15-3-6-23(22(11-15)26-16(2)28)30-14-17(29)13-27-9-7-18(8-10-27)31-19-4-5-20(24)21(25)12-19/h3-6,11-12,17-18,29H,7-10,13-14H2,1-2H3,(H,26,28). The monoisotopic (exact) mass is 466 g/mol. The van der Waals surface area contributed by atoms with Crippen molar-refractivity contribution in [2.45, 2.75) is 38.9 Å². The van der Waals surface area contributed by atoms with Crippen molar-refractivity contribution in [1.82, 2.24) is 4.90 Å². The zero-order chi connectivity index (χ0) is 22.4. The molecule has 6 nitrogen and oxygen atoms in total. The summed E-state index contributed by atoms with van der Waals surface area (Å²) in [5.74, 6) is 1.10. The van der Waals surface area contributed by atoms with Crippen molar-refractivity contribution in [3.05, 3.63) is 52.0 Å². The van der Waals surface area contributed by atoms with Crippen LogP contribution in [-0.2, 0) is 4.79 Å². The van der Waals surface area contributed by atoms with E-state index in [1.807, 2.05) is 25.1 Å². The Morgan fingerprint density at radius 3 is 2.61 bits per heavy atom. The van der Waals surface area contributed by atoms with E-state index < -0.39 is 6.10 Å². The Morgan fingerprint density at radius 2 is 1.94 bits per heavy atom. The number of carbonyl (C=O) groups is 1. The Bertz CT molecular complexity index is 901. The molecule has 1 saturated heterocycles. The smallest absolute Gasteiger partial charge is 0.221 e. The van der Waals surface area contributed by atoms with Gasteiger partial charge in [0.25, 0.3) is 0 Å². The van der Waals surface area contributed by atoms with Crippen LogP contribution in [0.2, 0.25) is 10.0 Å². The van der Waals surface area contributed by atoms with Gasteiger partial charge in [-0.05, 0) is 49.6 Å². The summed E-state index contributed by atoms with van der Waals surface area (Å²) in [6.07, 6.45) is 1.19. The summed E-state index contributed by atoms with van der Waals surface area (Å²) < 4.78 is 11.8. The number of likely N-dealkylation sites (tertiary alicyclic amines) is 1. The molecule has 1 aliphatic rings. The number of ether oxygens (including phenoxy) is 2. The van der Waals surface area contributed by atoms with E-state index in [4.69, 9.17) is 32.7 Å². The molecule has 168 valence electrons. The van der Waals surface area contributed by atoms with Crippen LogP contribution in [-0.4, -0.2) is 54.4 Å². The molecule has 0 radical (unpaired) electrons. The molecule has 0 bridgehead atoms. The van der Waals surface area contributed by atoms with Gasteiger partial charge in [-0.3, -0.25) is 4.79 Å². The van der Waals surface area contributed by atoms with Gasteiger partial charge in [-0.2, -0.15) is 0 Å². The lowest BCUT2D eigenvalue weighted by Crippen LogP contribution is -2.43. The topological polar surface area (TPSA) is 71.0 Å². The zero-order valence-electron chi connectivity index (χ0n) is 17.7. The minimum absolute atomic E-state index is 0.106. The SMILES string of the molecule is CC(=O)Nc1cc(C)ccc1OCC(O)CN1CCC(Oc2ccc(Cl)c(Cl)c2)CC1. The number of carbonyl (C=O) groups excluding carboxylic acids is 1. The summed E-state index contributed by atoms with van der Waals surface area (Å²) in [7, 11) is 0. The lowest BCUT2D eigenvalue weighted by atomic mass is 10.1. The number of nitrogens with one attached hydrogen (secondary N) is 1. The average molecular weight is 467 g/mol. The Balaban J connectivity index is 1.43. The summed E-state index contributed by atoms with van der Waals surface area (Å²) in [5, 5.41) is 14.2. The number of nitrogens with zero attached hydrogens (tertiary/aromatic N) is 1. The lowest BCUT2D eigenvalue weighted by Gasteiger charge is -2.33. The average Bonchev–Trinajstić information content (AvgIpc) is 2.71. The van der Waals surface area contributed by atoms with Crippen molar-refractivity contribution in [3.63, 3.8) is 0 Å². The fraction of sp³-hybridized carbons (Fsp3) is 0.435. The first-order valence-electron chi connectivity index (χ1n) is 10.3. The zero-order valence-corrected chi connectivity index (χ0v) is 19.2. The van der Waals surface area contributed by atoms with Crippen LogP contribution in [0.1, 0.15) is 25.3 Å². The molecule has 3 rings (SSSR count). The van der Waals surface area contributed by atoms with E-state index in [1.165, 1.54) is 6.92 Å². The van der Waals surface area contributed by atoms with Gasteiger partial charge in [0.1, 0.15) is 30.3 Å². The number of aliphatic hydroxyl groups is 1. The van der Waals surface area contributed by atoms with E-state index in [0.29, 0.717) is 33.8 Å². The molecule has 1 heterocycles. The molecule has 1 fully saturated rings. The molecule has 1 atom stereocenters. The van der Waals surface area contributed by atoms with Gasteiger partial charge in [-0.25, -0.2) is 0 Å². The molecule has 0 saturated carbocycles. The number of aryl methyl sites for hydroxylation is 1. The number of hydrogen-bond donors (Lipinski definition) is 2. The Labute approximate surface area is 193 Å². The van der Waals surface area contributed by atoms with Crippen LogP contribution in [0.25, 0.3) is 0 Å². The van der Waals surface area contributed by atoms with Gasteiger partial charge in [-0.15, -0.1) is 0 Å². The van der Waals surface area contributed by atoms with Gasteiger partial charge < -0.3 is 24.8 Å². The molecule has 1 amide bonds. The fourth-order valence-electron chi connectivity index (χ4n) is 3.55. The maximum Gasteiger partial charge on any atom is 0.221 e. The molecular weight excluding hydrogens is 439 g/mol. The third kappa shape index (κ3) is 7.28. The number of halogens is 2. The van der Waals surface area contributed by atoms with Gasteiger partial charge in [-0.1, -0.05) is 29.3 Å². The normalized spacial score (nSPS) is 16.0. The first kappa shape index (κ1) is 23.7. The highest BCUT2D eigenvalue weighted by Crippen LogP contribution is 2.28. The molecule has 2 aromatic carbocycles. The van der Waals surface area contributed by atoms with Crippen molar-refractivity contribution in [2.24, 2.45) is 0 Å². The molecular formula is C23H28Cl2N2O4.